The van der Waals surface area contributed by atoms with E-state index in [2.05, 4.69) is 15.0 Å². The first-order chi connectivity index (χ1) is 10.3. The molecule has 0 atom stereocenters. The number of nitrogens with one attached hydrogen (secondary N) is 2. The predicted molar refractivity (Wildman–Crippen MR) is 83.6 cm³/mol. The number of carbonyl (C=O) groups excluding carboxylic acids is 1. The highest BCUT2D eigenvalue weighted by Gasteiger charge is 2.09. The summed E-state index contributed by atoms with van der Waals surface area (Å²) in [5.41, 5.74) is 1.38. The summed E-state index contributed by atoms with van der Waals surface area (Å²) >= 11 is 1.24. The van der Waals surface area contributed by atoms with Gasteiger partial charge in [-0.25, -0.2) is 22.5 Å². The van der Waals surface area contributed by atoms with Gasteiger partial charge in [0, 0.05) is 23.9 Å². The molecule has 0 aliphatic heterocycles. The van der Waals surface area contributed by atoms with E-state index in [4.69, 9.17) is 0 Å². The Balaban J connectivity index is 1.91. The number of amides is 1. The van der Waals surface area contributed by atoms with Gasteiger partial charge in [-0.15, -0.1) is 11.3 Å². The Morgan fingerprint density at radius 3 is 2.64 bits per heavy atom. The number of anilines is 1. The zero-order chi connectivity index (χ0) is 16.2. The fourth-order valence-corrected chi connectivity index (χ4v) is 2.82. The third-order valence-corrected chi connectivity index (χ3v) is 4.09. The molecular formula is C13H14FN3O3S2. The number of halogens is 1. The van der Waals surface area contributed by atoms with E-state index in [1.807, 2.05) is 0 Å². The Morgan fingerprint density at radius 2 is 2.00 bits per heavy atom. The minimum atomic E-state index is -3.30. The van der Waals surface area contributed by atoms with E-state index >= 15 is 0 Å². The average molecular weight is 343 g/mol. The van der Waals surface area contributed by atoms with Gasteiger partial charge in [-0.1, -0.05) is 0 Å². The van der Waals surface area contributed by atoms with Crippen LogP contribution < -0.4 is 10.0 Å². The monoisotopic (exact) mass is 343 g/mol. The molecule has 0 saturated heterocycles. The smallest absolute Gasteiger partial charge is 0.227 e. The molecule has 0 radical (unpaired) electrons. The van der Waals surface area contributed by atoms with Gasteiger partial charge in [0.25, 0.3) is 0 Å². The molecule has 2 N–H and O–H groups in total. The summed E-state index contributed by atoms with van der Waals surface area (Å²) in [6.45, 7) is 0.0286. The van der Waals surface area contributed by atoms with Crippen molar-refractivity contribution in [2.24, 2.45) is 0 Å². The first-order valence-corrected chi connectivity index (χ1v) is 9.06. The number of nitrogens with zero attached hydrogens (tertiary/aromatic N) is 1. The topological polar surface area (TPSA) is 88.2 Å². The maximum atomic E-state index is 12.9. The van der Waals surface area contributed by atoms with Crippen LogP contribution in [-0.4, -0.2) is 32.1 Å². The Kier molecular flexibility index (Phi) is 5.22. The zero-order valence-corrected chi connectivity index (χ0v) is 13.3. The van der Waals surface area contributed by atoms with Crippen LogP contribution >= 0.6 is 11.3 Å². The molecule has 1 heterocycles. The lowest BCUT2D eigenvalue weighted by atomic mass is 10.2. The summed E-state index contributed by atoms with van der Waals surface area (Å²) < 4.78 is 36.8. The standard InChI is InChI=1S/C13H14FN3O3S2/c1-22(19,20)15-7-6-12(18)17-13-16-11(8-21-13)9-2-4-10(14)5-3-9/h2-5,8,15H,6-7H2,1H3,(H,16,17,18). The number of carbonyl (C=O) groups is 1. The van der Waals surface area contributed by atoms with Crippen molar-refractivity contribution in [1.82, 2.24) is 9.71 Å². The molecule has 2 aromatic rings. The van der Waals surface area contributed by atoms with Gasteiger partial charge >= 0.3 is 0 Å². The van der Waals surface area contributed by atoms with Crippen molar-refractivity contribution in [3.05, 3.63) is 35.5 Å². The predicted octanol–water partition coefficient (Wildman–Crippen LogP) is 1.83. The van der Waals surface area contributed by atoms with Gasteiger partial charge < -0.3 is 5.32 Å². The number of aromatic nitrogens is 1. The van der Waals surface area contributed by atoms with Crippen LogP contribution in [0.4, 0.5) is 9.52 Å². The molecule has 1 amide bonds. The molecule has 0 bridgehead atoms. The van der Waals surface area contributed by atoms with Crippen molar-refractivity contribution in [3.8, 4) is 11.3 Å². The summed E-state index contributed by atoms with van der Waals surface area (Å²) in [5, 5.41) is 4.74. The van der Waals surface area contributed by atoms with Crippen molar-refractivity contribution < 1.29 is 17.6 Å². The van der Waals surface area contributed by atoms with Crippen molar-refractivity contribution in [3.63, 3.8) is 0 Å². The van der Waals surface area contributed by atoms with E-state index in [0.29, 0.717) is 10.8 Å². The van der Waals surface area contributed by atoms with Crippen LogP contribution in [0.25, 0.3) is 11.3 Å². The zero-order valence-electron chi connectivity index (χ0n) is 11.7. The lowest BCUT2D eigenvalue weighted by Gasteiger charge is -2.02. The van der Waals surface area contributed by atoms with Crippen LogP contribution in [0.5, 0.6) is 0 Å². The van der Waals surface area contributed by atoms with Crippen molar-refractivity contribution in [2.45, 2.75) is 6.42 Å². The third-order valence-electron chi connectivity index (χ3n) is 2.61. The highest BCUT2D eigenvalue weighted by atomic mass is 32.2. The van der Waals surface area contributed by atoms with Crippen LogP contribution in [0.2, 0.25) is 0 Å². The molecule has 6 nitrogen and oxygen atoms in total. The normalized spacial score (nSPS) is 11.4. The van der Waals surface area contributed by atoms with Gasteiger partial charge in [-0.2, -0.15) is 0 Å². The summed E-state index contributed by atoms with van der Waals surface area (Å²) in [4.78, 5) is 15.9. The summed E-state index contributed by atoms with van der Waals surface area (Å²) in [6, 6.07) is 5.88. The number of thiazole rings is 1. The summed E-state index contributed by atoms with van der Waals surface area (Å²) in [7, 11) is -3.30. The van der Waals surface area contributed by atoms with Gasteiger partial charge in [0.2, 0.25) is 15.9 Å². The lowest BCUT2D eigenvalue weighted by molar-refractivity contribution is -0.116. The molecule has 2 rings (SSSR count). The fourth-order valence-electron chi connectivity index (χ4n) is 1.62. The van der Waals surface area contributed by atoms with Gasteiger partial charge in [-0.3, -0.25) is 4.79 Å². The Labute approximate surface area is 131 Å². The van der Waals surface area contributed by atoms with Crippen LogP contribution in [0.1, 0.15) is 6.42 Å². The van der Waals surface area contributed by atoms with Gasteiger partial charge in [-0.05, 0) is 24.3 Å². The molecule has 0 fully saturated rings. The van der Waals surface area contributed by atoms with E-state index in [9.17, 15) is 17.6 Å². The molecule has 0 aliphatic rings. The fraction of sp³-hybridized carbons (Fsp3) is 0.231. The van der Waals surface area contributed by atoms with Gasteiger partial charge in [0.1, 0.15) is 5.82 Å². The molecule has 0 unspecified atom stereocenters. The van der Waals surface area contributed by atoms with Crippen molar-refractivity contribution in [1.29, 1.82) is 0 Å². The maximum Gasteiger partial charge on any atom is 0.227 e. The Morgan fingerprint density at radius 1 is 1.32 bits per heavy atom. The Hall–Kier alpha value is -1.84. The second-order valence-corrected chi connectivity index (χ2v) is 7.20. The minimum Gasteiger partial charge on any atom is -0.302 e. The van der Waals surface area contributed by atoms with Gasteiger partial charge in [0.05, 0.1) is 11.9 Å². The first-order valence-electron chi connectivity index (χ1n) is 6.29. The van der Waals surface area contributed by atoms with E-state index in [0.717, 1.165) is 11.8 Å². The molecule has 118 valence electrons. The third kappa shape index (κ3) is 5.17. The summed E-state index contributed by atoms with van der Waals surface area (Å²) in [6.07, 6.45) is 1.04. The van der Waals surface area contributed by atoms with Gasteiger partial charge in [0.15, 0.2) is 5.13 Å². The number of rotatable bonds is 6. The Bertz CT molecular complexity index is 757. The van der Waals surface area contributed by atoms with Crippen LogP contribution in [0.3, 0.4) is 0 Å². The van der Waals surface area contributed by atoms with E-state index < -0.39 is 10.0 Å². The van der Waals surface area contributed by atoms with E-state index in [1.54, 1.807) is 17.5 Å². The van der Waals surface area contributed by atoms with E-state index in [1.165, 1.54) is 23.5 Å². The molecule has 0 saturated carbocycles. The molecule has 22 heavy (non-hydrogen) atoms. The molecule has 1 aromatic carbocycles. The quantitative estimate of drug-likeness (QED) is 0.837. The first kappa shape index (κ1) is 16.5. The number of hydrogen-bond acceptors (Lipinski definition) is 5. The second-order valence-electron chi connectivity index (χ2n) is 4.51. The second kappa shape index (κ2) is 6.95. The number of sulfonamides is 1. The highest BCUT2D eigenvalue weighted by molar-refractivity contribution is 7.88. The molecular weight excluding hydrogens is 329 g/mol. The van der Waals surface area contributed by atoms with E-state index in [-0.39, 0.29) is 24.7 Å². The van der Waals surface area contributed by atoms with Crippen LogP contribution in [-0.2, 0) is 14.8 Å². The number of benzene rings is 1. The highest BCUT2D eigenvalue weighted by Crippen LogP contribution is 2.25. The van der Waals surface area contributed by atoms with Crippen molar-refractivity contribution in [2.75, 3.05) is 18.1 Å². The molecule has 9 heteroatoms. The molecule has 1 aromatic heterocycles. The van der Waals surface area contributed by atoms with Crippen LogP contribution in [0, 0.1) is 5.82 Å². The average Bonchev–Trinajstić information content (AvgIpc) is 2.86. The lowest BCUT2D eigenvalue weighted by Crippen LogP contribution is -2.26. The largest absolute Gasteiger partial charge is 0.302 e. The minimum absolute atomic E-state index is 0.0124. The SMILES string of the molecule is CS(=O)(=O)NCCC(=O)Nc1nc(-c2ccc(F)cc2)cs1. The molecule has 0 spiro atoms. The maximum absolute atomic E-state index is 12.9. The van der Waals surface area contributed by atoms with Crippen molar-refractivity contribution >= 4 is 32.4 Å². The number of hydrogen-bond donors (Lipinski definition) is 2. The summed E-state index contributed by atoms with van der Waals surface area (Å²) in [5.74, 6) is -0.665. The van der Waals surface area contributed by atoms with Crippen LogP contribution in [0.15, 0.2) is 29.6 Å². The molecule has 0 aliphatic carbocycles.